The molecule has 3 aromatic rings. The number of hydrogen-bond acceptors (Lipinski definition) is 6. The maximum absolute atomic E-state index is 12.6. The Morgan fingerprint density at radius 1 is 0.912 bits per heavy atom. The van der Waals surface area contributed by atoms with E-state index in [0.717, 1.165) is 25.7 Å². The van der Waals surface area contributed by atoms with Crippen LogP contribution in [0.1, 0.15) is 75.7 Å². The van der Waals surface area contributed by atoms with Crippen LogP contribution in [0.3, 0.4) is 0 Å². The highest BCUT2D eigenvalue weighted by molar-refractivity contribution is 7.15. The van der Waals surface area contributed by atoms with Gasteiger partial charge in [0.05, 0.1) is 0 Å². The van der Waals surface area contributed by atoms with E-state index in [0.29, 0.717) is 40.0 Å². The zero-order chi connectivity index (χ0) is 23.9. The van der Waals surface area contributed by atoms with Crippen molar-refractivity contribution in [3.63, 3.8) is 0 Å². The van der Waals surface area contributed by atoms with Gasteiger partial charge in [-0.15, -0.1) is 10.2 Å². The molecular formula is C26H27N3O4S. The number of hydrogen-bond donors (Lipinski definition) is 2. The number of aryl methyl sites for hydroxylation is 1. The Morgan fingerprint density at radius 2 is 1.62 bits per heavy atom. The molecule has 8 heteroatoms. The Hall–Kier alpha value is -3.39. The van der Waals surface area contributed by atoms with E-state index >= 15 is 0 Å². The number of ketones is 1. The average molecular weight is 478 g/mol. The highest BCUT2D eigenvalue weighted by Crippen LogP contribution is 2.37. The largest absolute Gasteiger partial charge is 0.481 e. The van der Waals surface area contributed by atoms with E-state index in [-0.39, 0.29) is 24.0 Å². The third-order valence-electron chi connectivity index (χ3n) is 6.30. The second-order valence-electron chi connectivity index (χ2n) is 8.68. The van der Waals surface area contributed by atoms with Crippen LogP contribution < -0.4 is 5.32 Å². The van der Waals surface area contributed by atoms with Crippen LogP contribution in [0.4, 0.5) is 5.13 Å². The summed E-state index contributed by atoms with van der Waals surface area (Å²) in [5.41, 5.74) is 2.41. The summed E-state index contributed by atoms with van der Waals surface area (Å²) in [6, 6.07) is 16.7. The number of carboxylic acid groups (broad SMARTS) is 1. The molecule has 0 atom stereocenters. The van der Waals surface area contributed by atoms with Crippen molar-refractivity contribution in [3.05, 3.63) is 76.3 Å². The minimum absolute atomic E-state index is 0.0526. The summed E-state index contributed by atoms with van der Waals surface area (Å²) in [5.74, 6) is -0.239. The standard InChI is InChI=1S/C26H27N3O4S/c30-22(20-4-2-1-3-5-20)14-15-23-28-29-26(34-23)27-25(33)21-12-10-19(11-13-21)18-8-6-17(7-9-18)16-24(31)32/h1-5,10-13,17-18H,6-9,14-16H2,(H,31,32)(H,27,29,33). The first-order valence-corrected chi connectivity index (χ1v) is 12.3. The van der Waals surface area contributed by atoms with Gasteiger partial charge in [-0.2, -0.15) is 0 Å². The van der Waals surface area contributed by atoms with Crippen LogP contribution in [0.2, 0.25) is 0 Å². The molecule has 0 unspecified atom stereocenters. The second-order valence-corrected chi connectivity index (χ2v) is 9.74. The zero-order valence-corrected chi connectivity index (χ0v) is 19.6. The molecule has 0 aliphatic heterocycles. The van der Waals surface area contributed by atoms with Gasteiger partial charge >= 0.3 is 5.97 Å². The molecule has 1 amide bonds. The Bertz CT molecular complexity index is 1140. The van der Waals surface area contributed by atoms with E-state index in [1.807, 2.05) is 42.5 Å². The Balaban J connectivity index is 1.27. The van der Waals surface area contributed by atoms with Crippen molar-refractivity contribution in [2.24, 2.45) is 5.92 Å². The first kappa shape index (κ1) is 23.8. The SMILES string of the molecule is O=C(O)CC1CCC(c2ccc(C(=O)Nc3nnc(CCC(=O)c4ccccc4)s3)cc2)CC1. The van der Waals surface area contributed by atoms with Crippen molar-refractivity contribution in [2.75, 3.05) is 5.32 Å². The monoisotopic (exact) mass is 477 g/mol. The number of carbonyl (C=O) groups excluding carboxylic acids is 2. The van der Waals surface area contributed by atoms with Crippen LogP contribution >= 0.6 is 11.3 Å². The van der Waals surface area contributed by atoms with Gasteiger partial charge in [-0.25, -0.2) is 0 Å². The molecule has 1 heterocycles. The van der Waals surface area contributed by atoms with Crippen LogP contribution in [0.15, 0.2) is 54.6 Å². The number of carboxylic acids is 1. The number of benzene rings is 2. The number of nitrogens with one attached hydrogen (secondary N) is 1. The van der Waals surface area contributed by atoms with Gasteiger partial charge in [-0.05, 0) is 55.2 Å². The predicted molar refractivity (Wildman–Crippen MR) is 130 cm³/mol. The van der Waals surface area contributed by atoms with Crippen molar-refractivity contribution < 1.29 is 19.5 Å². The lowest BCUT2D eigenvalue weighted by Gasteiger charge is -2.28. The quantitative estimate of drug-likeness (QED) is 0.402. The molecule has 4 rings (SSSR count). The smallest absolute Gasteiger partial charge is 0.303 e. The normalized spacial score (nSPS) is 17.8. The molecule has 0 spiro atoms. The van der Waals surface area contributed by atoms with Gasteiger partial charge in [-0.3, -0.25) is 19.7 Å². The summed E-state index contributed by atoms with van der Waals surface area (Å²) < 4.78 is 0. The van der Waals surface area contributed by atoms with Crippen LogP contribution in [-0.4, -0.2) is 33.0 Å². The zero-order valence-electron chi connectivity index (χ0n) is 18.8. The fraction of sp³-hybridized carbons (Fsp3) is 0.346. The highest BCUT2D eigenvalue weighted by Gasteiger charge is 2.24. The van der Waals surface area contributed by atoms with Crippen LogP contribution in [0.25, 0.3) is 0 Å². The molecule has 1 aliphatic carbocycles. The number of amides is 1. The Kier molecular flexibility index (Phi) is 7.80. The van der Waals surface area contributed by atoms with Crippen molar-refractivity contribution in [2.45, 2.75) is 50.9 Å². The minimum Gasteiger partial charge on any atom is -0.481 e. The molecule has 0 saturated heterocycles. The first-order valence-electron chi connectivity index (χ1n) is 11.5. The van der Waals surface area contributed by atoms with Crippen LogP contribution in [-0.2, 0) is 11.2 Å². The molecule has 1 fully saturated rings. The third kappa shape index (κ3) is 6.35. The minimum atomic E-state index is -0.720. The molecule has 34 heavy (non-hydrogen) atoms. The van der Waals surface area contributed by atoms with Crippen molar-refractivity contribution in [1.82, 2.24) is 10.2 Å². The number of carbonyl (C=O) groups is 3. The summed E-state index contributed by atoms with van der Waals surface area (Å²) >= 11 is 1.28. The second kappa shape index (κ2) is 11.2. The number of aliphatic carboxylic acids is 1. The third-order valence-corrected chi connectivity index (χ3v) is 7.20. The molecule has 2 aromatic carbocycles. The van der Waals surface area contributed by atoms with Gasteiger partial charge in [0.2, 0.25) is 5.13 Å². The van der Waals surface area contributed by atoms with E-state index in [4.69, 9.17) is 5.11 Å². The molecule has 1 saturated carbocycles. The summed E-state index contributed by atoms with van der Waals surface area (Å²) in [4.78, 5) is 35.8. The summed E-state index contributed by atoms with van der Waals surface area (Å²) in [5, 5.41) is 21.0. The number of nitrogens with zero attached hydrogens (tertiary/aromatic N) is 2. The summed E-state index contributed by atoms with van der Waals surface area (Å²) in [6.45, 7) is 0. The predicted octanol–water partition coefficient (Wildman–Crippen LogP) is 5.35. The van der Waals surface area contributed by atoms with Gasteiger partial charge in [0.1, 0.15) is 5.01 Å². The fourth-order valence-corrected chi connectivity index (χ4v) is 5.15. The summed E-state index contributed by atoms with van der Waals surface area (Å²) in [7, 11) is 0. The number of anilines is 1. The number of rotatable bonds is 9. The fourth-order valence-electron chi connectivity index (χ4n) is 4.42. The lowest BCUT2D eigenvalue weighted by Crippen LogP contribution is -2.16. The van der Waals surface area contributed by atoms with Crippen LogP contribution in [0, 0.1) is 5.92 Å². The first-order chi connectivity index (χ1) is 16.5. The Labute approximate surface area is 202 Å². The van der Waals surface area contributed by atoms with Gasteiger partial charge in [0, 0.05) is 30.4 Å². The lowest BCUT2D eigenvalue weighted by molar-refractivity contribution is -0.138. The molecule has 1 aliphatic rings. The van der Waals surface area contributed by atoms with Crippen molar-refractivity contribution in [1.29, 1.82) is 0 Å². The number of aromatic nitrogens is 2. The maximum Gasteiger partial charge on any atom is 0.303 e. The van der Waals surface area contributed by atoms with E-state index in [1.54, 1.807) is 12.1 Å². The van der Waals surface area contributed by atoms with Crippen molar-refractivity contribution in [3.8, 4) is 0 Å². The summed E-state index contributed by atoms with van der Waals surface area (Å²) in [6.07, 6.45) is 4.87. The number of Topliss-reactive ketones (excluding diaryl/α,β-unsaturated/α-hetero) is 1. The van der Waals surface area contributed by atoms with E-state index in [2.05, 4.69) is 15.5 Å². The highest BCUT2D eigenvalue weighted by atomic mass is 32.1. The van der Waals surface area contributed by atoms with Gasteiger partial charge < -0.3 is 5.11 Å². The molecule has 0 bridgehead atoms. The molecule has 0 radical (unpaired) electrons. The van der Waals surface area contributed by atoms with E-state index < -0.39 is 5.97 Å². The van der Waals surface area contributed by atoms with Gasteiger partial charge in [0.25, 0.3) is 5.91 Å². The molecule has 1 aromatic heterocycles. The topological polar surface area (TPSA) is 109 Å². The average Bonchev–Trinajstić information content (AvgIpc) is 3.30. The lowest BCUT2D eigenvalue weighted by atomic mass is 9.77. The van der Waals surface area contributed by atoms with Crippen LogP contribution in [0.5, 0.6) is 0 Å². The molecular weight excluding hydrogens is 450 g/mol. The van der Waals surface area contributed by atoms with E-state index in [9.17, 15) is 14.4 Å². The maximum atomic E-state index is 12.6. The van der Waals surface area contributed by atoms with Crippen molar-refractivity contribution >= 4 is 34.1 Å². The molecule has 2 N–H and O–H groups in total. The van der Waals surface area contributed by atoms with Gasteiger partial charge in [-0.1, -0.05) is 53.8 Å². The van der Waals surface area contributed by atoms with Gasteiger partial charge in [0.15, 0.2) is 5.78 Å². The Morgan fingerprint density at radius 3 is 2.29 bits per heavy atom. The van der Waals surface area contributed by atoms with E-state index in [1.165, 1.54) is 16.9 Å². The molecule has 7 nitrogen and oxygen atoms in total. The molecule has 176 valence electrons.